The van der Waals surface area contributed by atoms with Crippen LogP contribution in [-0.2, 0) is 10.0 Å². The van der Waals surface area contributed by atoms with Crippen LogP contribution in [0.4, 0.5) is 0 Å². The number of hydrogen-bond acceptors (Lipinski definition) is 3. The highest BCUT2D eigenvalue weighted by atomic mass is 32.2. The van der Waals surface area contributed by atoms with E-state index in [4.69, 9.17) is 6.42 Å². The molecule has 1 rings (SSSR count). The first-order valence-electron chi connectivity index (χ1n) is 5.10. The average Bonchev–Trinajstić information content (AvgIpc) is 2.97. The van der Waals surface area contributed by atoms with E-state index < -0.39 is 15.3 Å². The van der Waals surface area contributed by atoms with Gasteiger partial charge in [-0.15, -0.1) is 6.42 Å². The van der Waals surface area contributed by atoms with E-state index in [9.17, 15) is 8.42 Å². The standard InChI is InChI=1S/C10H18N2O2S/c1-4-7-12(3)15(13,14)9(2)8-11-10-5-6-10/h1,9-11H,5-8H2,2-3H3. The fourth-order valence-corrected chi connectivity index (χ4v) is 2.43. The highest BCUT2D eigenvalue weighted by molar-refractivity contribution is 7.89. The van der Waals surface area contributed by atoms with Gasteiger partial charge in [-0.1, -0.05) is 5.92 Å². The van der Waals surface area contributed by atoms with E-state index in [-0.39, 0.29) is 6.54 Å². The lowest BCUT2D eigenvalue weighted by molar-refractivity contribution is 0.485. The zero-order valence-electron chi connectivity index (χ0n) is 9.23. The van der Waals surface area contributed by atoms with Crippen LogP contribution in [0.15, 0.2) is 0 Å². The van der Waals surface area contributed by atoms with Crippen molar-refractivity contribution in [2.24, 2.45) is 0 Å². The van der Waals surface area contributed by atoms with E-state index in [1.165, 1.54) is 11.4 Å². The van der Waals surface area contributed by atoms with Gasteiger partial charge in [0.2, 0.25) is 10.0 Å². The number of nitrogens with zero attached hydrogens (tertiary/aromatic N) is 1. The van der Waals surface area contributed by atoms with Gasteiger partial charge >= 0.3 is 0 Å². The van der Waals surface area contributed by atoms with Crippen molar-refractivity contribution in [3.8, 4) is 12.3 Å². The smallest absolute Gasteiger partial charge is 0.218 e. The Labute approximate surface area is 92.1 Å². The van der Waals surface area contributed by atoms with Crippen LogP contribution in [0.3, 0.4) is 0 Å². The number of rotatable bonds is 6. The fourth-order valence-electron chi connectivity index (χ4n) is 1.25. The first kappa shape index (κ1) is 12.5. The Hall–Kier alpha value is -0.570. The molecule has 86 valence electrons. The zero-order chi connectivity index (χ0) is 11.5. The number of hydrogen-bond donors (Lipinski definition) is 1. The van der Waals surface area contributed by atoms with Crippen molar-refractivity contribution in [3.63, 3.8) is 0 Å². The van der Waals surface area contributed by atoms with Crippen molar-refractivity contribution in [1.82, 2.24) is 9.62 Å². The second-order valence-corrected chi connectivity index (χ2v) is 6.46. The molecular formula is C10H18N2O2S. The summed E-state index contributed by atoms with van der Waals surface area (Å²) in [6.45, 7) is 2.34. The van der Waals surface area contributed by atoms with Crippen LogP contribution < -0.4 is 5.32 Å². The van der Waals surface area contributed by atoms with Crippen molar-refractivity contribution >= 4 is 10.0 Å². The summed E-state index contributed by atoms with van der Waals surface area (Å²) in [7, 11) is -1.72. The molecule has 0 aromatic rings. The Morgan fingerprint density at radius 3 is 2.67 bits per heavy atom. The van der Waals surface area contributed by atoms with Gasteiger partial charge in [-0.2, -0.15) is 4.31 Å². The molecule has 0 amide bonds. The minimum Gasteiger partial charge on any atom is -0.313 e. The minimum atomic E-state index is -3.24. The molecule has 4 nitrogen and oxygen atoms in total. The van der Waals surface area contributed by atoms with Crippen molar-refractivity contribution in [3.05, 3.63) is 0 Å². The number of nitrogens with one attached hydrogen (secondary N) is 1. The Morgan fingerprint density at radius 2 is 2.20 bits per heavy atom. The van der Waals surface area contributed by atoms with Crippen molar-refractivity contribution in [2.45, 2.75) is 31.1 Å². The molecule has 0 saturated heterocycles. The number of sulfonamides is 1. The first-order chi connectivity index (χ1) is 6.98. The van der Waals surface area contributed by atoms with Crippen LogP contribution in [0.2, 0.25) is 0 Å². The van der Waals surface area contributed by atoms with Gasteiger partial charge in [0, 0.05) is 19.6 Å². The molecule has 0 bridgehead atoms. The zero-order valence-corrected chi connectivity index (χ0v) is 10.0. The van der Waals surface area contributed by atoms with Crippen LogP contribution in [0.5, 0.6) is 0 Å². The lowest BCUT2D eigenvalue weighted by Gasteiger charge is -2.20. The molecule has 0 aliphatic heterocycles. The fraction of sp³-hybridized carbons (Fsp3) is 0.800. The summed E-state index contributed by atoms with van der Waals surface area (Å²) in [4.78, 5) is 0. The van der Waals surface area contributed by atoms with Crippen LogP contribution >= 0.6 is 0 Å². The largest absolute Gasteiger partial charge is 0.313 e. The predicted molar refractivity (Wildman–Crippen MR) is 60.9 cm³/mol. The molecule has 0 aromatic carbocycles. The van der Waals surface area contributed by atoms with E-state index in [0.717, 1.165) is 12.8 Å². The molecule has 1 unspecified atom stereocenters. The van der Waals surface area contributed by atoms with Crippen molar-refractivity contribution in [2.75, 3.05) is 20.1 Å². The SMILES string of the molecule is C#CCN(C)S(=O)(=O)C(C)CNC1CC1. The first-order valence-corrected chi connectivity index (χ1v) is 6.60. The van der Waals surface area contributed by atoms with Gasteiger partial charge < -0.3 is 5.32 Å². The molecule has 0 radical (unpaired) electrons. The van der Waals surface area contributed by atoms with E-state index in [0.29, 0.717) is 12.6 Å². The Kier molecular flexibility index (Phi) is 4.14. The monoisotopic (exact) mass is 230 g/mol. The molecule has 5 heteroatoms. The average molecular weight is 230 g/mol. The third-order valence-electron chi connectivity index (χ3n) is 2.53. The molecule has 1 N–H and O–H groups in total. The van der Waals surface area contributed by atoms with Gasteiger partial charge in [-0.05, 0) is 19.8 Å². The second kappa shape index (κ2) is 4.97. The highest BCUT2D eigenvalue weighted by Crippen LogP contribution is 2.19. The summed E-state index contributed by atoms with van der Waals surface area (Å²) in [6.07, 6.45) is 7.41. The molecule has 0 spiro atoms. The maximum atomic E-state index is 11.8. The molecule has 1 aliphatic carbocycles. The summed E-state index contributed by atoms with van der Waals surface area (Å²) in [5.41, 5.74) is 0. The molecule has 0 heterocycles. The Balaban J connectivity index is 2.47. The van der Waals surface area contributed by atoms with Crippen LogP contribution in [-0.4, -0.2) is 44.2 Å². The third-order valence-corrected chi connectivity index (χ3v) is 4.71. The summed E-state index contributed by atoms with van der Waals surface area (Å²) < 4.78 is 24.9. The van der Waals surface area contributed by atoms with Crippen LogP contribution in [0, 0.1) is 12.3 Å². The quantitative estimate of drug-likeness (QED) is 0.655. The Morgan fingerprint density at radius 1 is 1.60 bits per heavy atom. The van der Waals surface area contributed by atoms with Gasteiger partial charge in [0.1, 0.15) is 0 Å². The van der Waals surface area contributed by atoms with Crippen LogP contribution in [0.25, 0.3) is 0 Å². The molecular weight excluding hydrogens is 212 g/mol. The summed E-state index contributed by atoms with van der Waals surface area (Å²) in [5, 5.41) is 2.78. The number of terminal acetylenes is 1. The molecule has 15 heavy (non-hydrogen) atoms. The molecule has 1 aliphatic rings. The lowest BCUT2D eigenvalue weighted by atomic mass is 10.4. The predicted octanol–water partition coefficient (Wildman–Crippen LogP) is 0.0217. The van der Waals surface area contributed by atoms with Crippen LogP contribution in [0.1, 0.15) is 19.8 Å². The van der Waals surface area contributed by atoms with Gasteiger partial charge in [0.15, 0.2) is 0 Å². The van der Waals surface area contributed by atoms with E-state index >= 15 is 0 Å². The van der Waals surface area contributed by atoms with Gasteiger partial charge in [-0.3, -0.25) is 0 Å². The normalized spacial score (nSPS) is 18.8. The topological polar surface area (TPSA) is 49.4 Å². The lowest BCUT2D eigenvalue weighted by Crippen LogP contribution is -2.40. The molecule has 1 fully saturated rings. The summed E-state index contributed by atoms with van der Waals surface area (Å²) in [6, 6.07) is 0.528. The van der Waals surface area contributed by atoms with Gasteiger partial charge in [0.05, 0.1) is 11.8 Å². The Bertz CT molecular complexity index is 341. The maximum absolute atomic E-state index is 11.8. The van der Waals surface area contributed by atoms with Crippen molar-refractivity contribution in [1.29, 1.82) is 0 Å². The summed E-state index contributed by atoms with van der Waals surface area (Å²) in [5.74, 6) is 2.33. The van der Waals surface area contributed by atoms with Gasteiger partial charge in [0.25, 0.3) is 0 Å². The van der Waals surface area contributed by atoms with E-state index in [2.05, 4.69) is 11.2 Å². The maximum Gasteiger partial charge on any atom is 0.218 e. The van der Waals surface area contributed by atoms with Gasteiger partial charge in [-0.25, -0.2) is 8.42 Å². The minimum absolute atomic E-state index is 0.135. The second-order valence-electron chi connectivity index (χ2n) is 4.00. The van der Waals surface area contributed by atoms with E-state index in [1.807, 2.05) is 0 Å². The molecule has 0 aromatic heterocycles. The van der Waals surface area contributed by atoms with Crippen molar-refractivity contribution < 1.29 is 8.42 Å². The summed E-state index contributed by atoms with van der Waals surface area (Å²) >= 11 is 0. The third kappa shape index (κ3) is 3.49. The van der Waals surface area contributed by atoms with E-state index in [1.54, 1.807) is 6.92 Å². The highest BCUT2D eigenvalue weighted by Gasteiger charge is 2.28. The molecule has 1 saturated carbocycles. The molecule has 1 atom stereocenters.